The summed E-state index contributed by atoms with van der Waals surface area (Å²) in [6, 6.07) is 4.99. The van der Waals surface area contributed by atoms with Crippen LogP contribution in [0, 0.1) is 6.92 Å². The van der Waals surface area contributed by atoms with Gasteiger partial charge in [0.25, 0.3) is 0 Å². The number of aryl methyl sites for hydroxylation is 1. The van der Waals surface area contributed by atoms with Crippen LogP contribution in [0.25, 0.3) is 0 Å². The summed E-state index contributed by atoms with van der Waals surface area (Å²) in [7, 11) is 0. The molecule has 1 amide bonds. The minimum Gasteiger partial charge on any atom is -0.399 e. The number of hydrogen-bond acceptors (Lipinski definition) is 4. The van der Waals surface area contributed by atoms with E-state index in [1.54, 1.807) is 37.4 Å². The van der Waals surface area contributed by atoms with Gasteiger partial charge in [0.05, 0.1) is 17.1 Å². The SMILES string of the molecule is CC1=CC(=O)C(NC(=O)C(F)(F)F)=C/C1=N/c1ccc(N)cc1C. The minimum atomic E-state index is -5.08. The highest BCUT2D eigenvalue weighted by atomic mass is 19.4. The van der Waals surface area contributed by atoms with Gasteiger partial charge in [-0.1, -0.05) is 0 Å². The van der Waals surface area contributed by atoms with Gasteiger partial charge in [-0.2, -0.15) is 13.2 Å². The fourth-order valence-electron chi connectivity index (χ4n) is 2.02. The molecule has 1 aromatic rings. The van der Waals surface area contributed by atoms with Crippen molar-refractivity contribution in [1.29, 1.82) is 0 Å². The Morgan fingerprint density at radius 2 is 1.88 bits per heavy atom. The highest BCUT2D eigenvalue weighted by Crippen LogP contribution is 2.24. The van der Waals surface area contributed by atoms with Crippen LogP contribution in [0.2, 0.25) is 0 Å². The molecular formula is C16H14F3N3O2. The summed E-state index contributed by atoms with van der Waals surface area (Å²) < 4.78 is 37.0. The van der Waals surface area contributed by atoms with Crippen LogP contribution in [0.15, 0.2) is 46.6 Å². The number of amides is 1. The molecule has 0 atom stereocenters. The first-order valence-electron chi connectivity index (χ1n) is 6.85. The monoisotopic (exact) mass is 337 g/mol. The zero-order valence-corrected chi connectivity index (χ0v) is 12.9. The van der Waals surface area contributed by atoms with E-state index in [9.17, 15) is 22.8 Å². The molecule has 0 bridgehead atoms. The molecule has 0 radical (unpaired) electrons. The molecule has 8 heteroatoms. The van der Waals surface area contributed by atoms with Gasteiger partial charge in [-0.3, -0.25) is 9.59 Å². The van der Waals surface area contributed by atoms with Crippen LogP contribution in [0.3, 0.4) is 0 Å². The van der Waals surface area contributed by atoms with E-state index in [4.69, 9.17) is 5.73 Å². The van der Waals surface area contributed by atoms with E-state index in [1.165, 1.54) is 0 Å². The van der Waals surface area contributed by atoms with Crippen LogP contribution in [0.4, 0.5) is 24.5 Å². The predicted octanol–water partition coefficient (Wildman–Crippen LogP) is 2.74. The third kappa shape index (κ3) is 3.89. The number of nitrogen functional groups attached to an aromatic ring is 1. The normalized spacial score (nSPS) is 16.7. The predicted molar refractivity (Wildman–Crippen MR) is 83.7 cm³/mol. The second kappa shape index (κ2) is 6.31. The van der Waals surface area contributed by atoms with Crippen LogP contribution in [0.5, 0.6) is 0 Å². The van der Waals surface area contributed by atoms with E-state index in [-0.39, 0.29) is 5.71 Å². The number of aliphatic imine (C=N–C) groups is 1. The lowest BCUT2D eigenvalue weighted by Crippen LogP contribution is -2.39. The number of allylic oxidation sites excluding steroid dienone is 3. The summed E-state index contributed by atoms with van der Waals surface area (Å²) in [6.07, 6.45) is -2.84. The van der Waals surface area contributed by atoms with Crippen molar-refractivity contribution < 1.29 is 22.8 Å². The van der Waals surface area contributed by atoms with Gasteiger partial charge >= 0.3 is 12.1 Å². The number of halogens is 3. The molecule has 0 unspecified atom stereocenters. The van der Waals surface area contributed by atoms with Crippen molar-refractivity contribution in [3.05, 3.63) is 47.2 Å². The number of nitrogens with two attached hydrogens (primary N) is 1. The second-order valence-electron chi connectivity index (χ2n) is 5.24. The van der Waals surface area contributed by atoms with Crippen LogP contribution < -0.4 is 11.1 Å². The Kier molecular flexibility index (Phi) is 4.59. The van der Waals surface area contributed by atoms with Gasteiger partial charge in [0.1, 0.15) is 0 Å². The van der Waals surface area contributed by atoms with Crippen molar-refractivity contribution in [2.45, 2.75) is 20.0 Å². The Labute approximate surface area is 135 Å². The van der Waals surface area contributed by atoms with Crippen molar-refractivity contribution >= 4 is 28.8 Å². The first-order chi connectivity index (χ1) is 11.1. The highest BCUT2D eigenvalue weighted by Gasteiger charge is 2.39. The summed E-state index contributed by atoms with van der Waals surface area (Å²) in [4.78, 5) is 27.1. The van der Waals surface area contributed by atoms with Crippen molar-refractivity contribution in [2.24, 2.45) is 4.99 Å². The Balaban J connectivity index is 2.38. The van der Waals surface area contributed by atoms with Gasteiger partial charge < -0.3 is 11.1 Å². The number of hydrogen-bond donors (Lipinski definition) is 2. The molecule has 0 saturated carbocycles. The molecule has 126 valence electrons. The summed E-state index contributed by atoms with van der Waals surface area (Å²) in [6.45, 7) is 3.38. The van der Waals surface area contributed by atoms with Gasteiger partial charge in [-0.25, -0.2) is 4.99 Å². The fraction of sp³-hybridized carbons (Fsp3) is 0.188. The fourth-order valence-corrected chi connectivity index (χ4v) is 2.02. The Morgan fingerprint density at radius 1 is 1.21 bits per heavy atom. The van der Waals surface area contributed by atoms with Gasteiger partial charge in [-0.05, 0) is 55.3 Å². The van der Waals surface area contributed by atoms with Crippen molar-refractivity contribution in [1.82, 2.24) is 5.32 Å². The molecule has 0 saturated heterocycles. The maximum Gasteiger partial charge on any atom is 0.471 e. The molecule has 5 nitrogen and oxygen atoms in total. The molecule has 1 aliphatic carbocycles. The molecular weight excluding hydrogens is 323 g/mol. The maximum atomic E-state index is 12.3. The largest absolute Gasteiger partial charge is 0.471 e. The zero-order chi connectivity index (χ0) is 18.1. The summed E-state index contributed by atoms with van der Waals surface area (Å²) in [5.41, 5.74) is 7.80. The molecule has 24 heavy (non-hydrogen) atoms. The molecule has 2 rings (SSSR count). The molecule has 0 heterocycles. The lowest BCUT2D eigenvalue weighted by atomic mass is 10.0. The van der Waals surface area contributed by atoms with E-state index in [1.807, 2.05) is 0 Å². The molecule has 3 N–H and O–H groups in total. The smallest absolute Gasteiger partial charge is 0.399 e. The van der Waals surface area contributed by atoms with E-state index in [0.29, 0.717) is 16.9 Å². The van der Waals surface area contributed by atoms with Crippen molar-refractivity contribution in [3.8, 4) is 0 Å². The molecule has 1 aromatic carbocycles. The quantitative estimate of drug-likeness (QED) is 0.643. The number of ketones is 1. The van der Waals surface area contributed by atoms with Gasteiger partial charge in [0.2, 0.25) is 5.78 Å². The highest BCUT2D eigenvalue weighted by molar-refractivity contribution is 6.23. The zero-order valence-electron chi connectivity index (χ0n) is 12.9. The van der Waals surface area contributed by atoms with E-state index < -0.39 is 23.6 Å². The lowest BCUT2D eigenvalue weighted by Gasteiger charge is -2.15. The van der Waals surface area contributed by atoms with Gasteiger partial charge in [-0.15, -0.1) is 0 Å². The topological polar surface area (TPSA) is 84.5 Å². The van der Waals surface area contributed by atoms with Crippen LogP contribution in [-0.4, -0.2) is 23.6 Å². The number of nitrogens with zero attached hydrogens (tertiary/aromatic N) is 1. The Morgan fingerprint density at radius 3 is 2.46 bits per heavy atom. The standard InChI is InChI=1S/C16H14F3N3O2/c1-8-5-10(20)3-4-11(8)21-12-7-13(14(23)6-9(12)2)22-15(24)16(17,18)19/h3-7H,20H2,1-2H3,(H,22,24)/b21-12-. The second-order valence-corrected chi connectivity index (χ2v) is 5.24. The summed E-state index contributed by atoms with van der Waals surface area (Å²) in [5.74, 6) is -2.93. The Hall–Kier alpha value is -2.90. The maximum absolute atomic E-state index is 12.3. The first-order valence-corrected chi connectivity index (χ1v) is 6.85. The van der Waals surface area contributed by atoms with Crippen molar-refractivity contribution in [2.75, 3.05) is 5.73 Å². The Bertz CT molecular complexity index is 805. The van der Waals surface area contributed by atoms with E-state index in [2.05, 4.69) is 4.99 Å². The van der Waals surface area contributed by atoms with E-state index >= 15 is 0 Å². The van der Waals surface area contributed by atoms with E-state index in [0.717, 1.165) is 17.7 Å². The number of nitrogens with one attached hydrogen (secondary N) is 1. The average Bonchev–Trinajstić information content (AvgIpc) is 2.45. The summed E-state index contributed by atoms with van der Waals surface area (Å²) in [5, 5.41) is 1.57. The number of anilines is 1. The van der Waals surface area contributed by atoms with Crippen LogP contribution in [-0.2, 0) is 9.59 Å². The number of carbonyl (C=O) groups is 2. The number of rotatable bonds is 2. The number of carbonyl (C=O) groups excluding carboxylic acids is 2. The van der Waals surface area contributed by atoms with Gasteiger partial charge in [0, 0.05) is 5.69 Å². The average molecular weight is 337 g/mol. The molecule has 1 aliphatic rings. The molecule has 0 spiro atoms. The molecule has 0 fully saturated rings. The summed E-state index contributed by atoms with van der Waals surface area (Å²) >= 11 is 0. The van der Waals surface area contributed by atoms with Crippen molar-refractivity contribution in [3.63, 3.8) is 0 Å². The van der Waals surface area contributed by atoms with Crippen LogP contribution >= 0.6 is 0 Å². The third-order valence-electron chi connectivity index (χ3n) is 3.27. The third-order valence-corrected chi connectivity index (χ3v) is 3.27. The number of alkyl halides is 3. The lowest BCUT2D eigenvalue weighted by molar-refractivity contribution is -0.172. The molecule has 0 aromatic heterocycles. The van der Waals surface area contributed by atoms with Gasteiger partial charge in [0.15, 0.2) is 0 Å². The number of benzene rings is 1. The first kappa shape index (κ1) is 17.5. The molecule has 0 aliphatic heterocycles. The minimum absolute atomic E-state index is 0.278. The van der Waals surface area contributed by atoms with Crippen LogP contribution in [0.1, 0.15) is 12.5 Å².